The van der Waals surface area contributed by atoms with Gasteiger partial charge in [-0.3, -0.25) is 14.5 Å². The van der Waals surface area contributed by atoms with Crippen molar-refractivity contribution in [2.24, 2.45) is 0 Å². The molecule has 4 aromatic rings. The Kier molecular flexibility index (Phi) is 7.58. The second kappa shape index (κ2) is 11.1. The molecule has 5 rings (SSSR count). The smallest absolute Gasteiger partial charge is 0.261 e. The molecule has 0 radical (unpaired) electrons. The minimum atomic E-state index is -0.925. The van der Waals surface area contributed by atoms with Crippen molar-refractivity contribution in [3.8, 4) is 11.3 Å². The van der Waals surface area contributed by atoms with Crippen LogP contribution in [0, 0.1) is 11.6 Å². The normalized spacial score (nSPS) is 14.1. The molecule has 9 heteroatoms. The van der Waals surface area contributed by atoms with Gasteiger partial charge in [-0.1, -0.05) is 36.4 Å². The van der Waals surface area contributed by atoms with Crippen molar-refractivity contribution in [1.82, 2.24) is 19.8 Å². The maximum Gasteiger partial charge on any atom is 0.261 e. The molecule has 206 valence electrons. The van der Waals surface area contributed by atoms with Crippen LogP contribution in [0.4, 0.5) is 13.2 Å². The van der Waals surface area contributed by atoms with Gasteiger partial charge in [0.1, 0.15) is 24.1 Å². The van der Waals surface area contributed by atoms with Crippen molar-refractivity contribution in [2.45, 2.75) is 38.4 Å². The standard InChI is InChI=1S/C31H29F3N4O2/c1-31(2,35-14-13-24(17-32)38-28(39)25-11-3-4-12-26(25)29(38)40)30-36-27(21-8-6-10-23(34)16-21)19-37(30)18-20-7-5-9-22(33)15-20/h3-12,15-16,19,24,35H,13-14,17-18H2,1-2H3/t24-/m0/s1. The number of imidazole rings is 1. The van der Waals surface area contributed by atoms with E-state index in [9.17, 15) is 22.8 Å². The fraction of sp³-hybridized carbons (Fsp3) is 0.258. The molecule has 0 bridgehead atoms. The molecule has 1 aromatic heterocycles. The first-order chi connectivity index (χ1) is 19.2. The number of nitrogens with zero attached hydrogens (tertiary/aromatic N) is 3. The van der Waals surface area contributed by atoms with Gasteiger partial charge in [0.25, 0.3) is 11.8 Å². The number of benzene rings is 3. The zero-order valence-electron chi connectivity index (χ0n) is 22.2. The third-order valence-corrected chi connectivity index (χ3v) is 7.11. The van der Waals surface area contributed by atoms with Crippen molar-refractivity contribution in [3.63, 3.8) is 0 Å². The van der Waals surface area contributed by atoms with E-state index in [1.54, 1.807) is 48.7 Å². The van der Waals surface area contributed by atoms with E-state index in [0.717, 1.165) is 10.5 Å². The highest BCUT2D eigenvalue weighted by Crippen LogP contribution is 2.28. The van der Waals surface area contributed by atoms with Gasteiger partial charge in [0, 0.05) is 18.3 Å². The number of alkyl halides is 1. The number of carbonyl (C=O) groups is 2. The molecular formula is C31H29F3N4O2. The molecule has 0 fully saturated rings. The summed E-state index contributed by atoms with van der Waals surface area (Å²) in [5, 5.41) is 3.38. The molecular weight excluding hydrogens is 517 g/mol. The molecule has 0 aliphatic carbocycles. The zero-order chi connectivity index (χ0) is 28.4. The van der Waals surface area contributed by atoms with Crippen LogP contribution in [-0.2, 0) is 12.1 Å². The first-order valence-electron chi connectivity index (χ1n) is 13.0. The number of imide groups is 1. The van der Waals surface area contributed by atoms with E-state index in [1.807, 2.05) is 24.5 Å². The van der Waals surface area contributed by atoms with Gasteiger partial charge in [-0.25, -0.2) is 18.2 Å². The SMILES string of the molecule is CC(C)(NCC[C@@H](CF)N1C(=O)c2ccccc2C1=O)c1nc(-c2cccc(F)c2)cn1Cc1cccc(F)c1. The molecule has 1 atom stereocenters. The fourth-order valence-electron chi connectivity index (χ4n) is 5.10. The Labute approximate surface area is 230 Å². The average Bonchev–Trinajstić information content (AvgIpc) is 3.47. The van der Waals surface area contributed by atoms with Crippen LogP contribution in [0.5, 0.6) is 0 Å². The van der Waals surface area contributed by atoms with Crippen molar-refractivity contribution in [1.29, 1.82) is 0 Å². The summed E-state index contributed by atoms with van der Waals surface area (Å²) in [6.07, 6.45) is 1.98. The molecule has 0 saturated heterocycles. The van der Waals surface area contributed by atoms with Gasteiger partial charge >= 0.3 is 0 Å². The average molecular weight is 547 g/mol. The summed E-state index contributed by atoms with van der Waals surface area (Å²) in [6.45, 7) is 3.53. The van der Waals surface area contributed by atoms with E-state index < -0.39 is 30.1 Å². The minimum absolute atomic E-state index is 0.187. The second-order valence-corrected chi connectivity index (χ2v) is 10.4. The van der Waals surface area contributed by atoms with Crippen LogP contribution in [0.3, 0.4) is 0 Å². The van der Waals surface area contributed by atoms with Crippen LogP contribution in [0.1, 0.15) is 52.4 Å². The van der Waals surface area contributed by atoms with Gasteiger partial charge < -0.3 is 9.88 Å². The number of rotatable bonds is 10. The molecule has 6 nitrogen and oxygen atoms in total. The van der Waals surface area contributed by atoms with Crippen LogP contribution >= 0.6 is 0 Å². The van der Waals surface area contributed by atoms with Gasteiger partial charge in [-0.05, 0) is 68.8 Å². The second-order valence-electron chi connectivity index (χ2n) is 10.4. The highest BCUT2D eigenvalue weighted by atomic mass is 19.1. The van der Waals surface area contributed by atoms with E-state index in [-0.39, 0.29) is 35.7 Å². The number of hydrogen-bond acceptors (Lipinski definition) is 4. The molecule has 0 saturated carbocycles. The Morgan fingerprint density at radius 3 is 2.17 bits per heavy atom. The molecule has 1 N–H and O–H groups in total. The number of hydrogen-bond donors (Lipinski definition) is 1. The summed E-state index contributed by atoms with van der Waals surface area (Å²) in [6, 6.07) is 17.9. The molecule has 3 aromatic carbocycles. The van der Waals surface area contributed by atoms with Crippen molar-refractivity contribution < 1.29 is 22.8 Å². The fourth-order valence-corrected chi connectivity index (χ4v) is 5.10. The van der Waals surface area contributed by atoms with Crippen LogP contribution in [0.25, 0.3) is 11.3 Å². The summed E-state index contributed by atoms with van der Waals surface area (Å²) in [5.41, 5.74) is 1.67. The maximum atomic E-state index is 14.1. The van der Waals surface area contributed by atoms with Gasteiger partial charge in [-0.2, -0.15) is 0 Å². The molecule has 1 aliphatic heterocycles. The van der Waals surface area contributed by atoms with E-state index in [4.69, 9.17) is 4.98 Å². The Morgan fingerprint density at radius 2 is 1.55 bits per heavy atom. The van der Waals surface area contributed by atoms with E-state index in [2.05, 4.69) is 5.32 Å². The lowest BCUT2D eigenvalue weighted by Crippen LogP contribution is -2.45. The first-order valence-corrected chi connectivity index (χ1v) is 13.0. The van der Waals surface area contributed by atoms with Crippen molar-refractivity contribution in [2.75, 3.05) is 13.2 Å². The summed E-state index contributed by atoms with van der Waals surface area (Å²) in [7, 11) is 0. The van der Waals surface area contributed by atoms with Crippen LogP contribution in [-0.4, -0.2) is 45.5 Å². The Morgan fingerprint density at radius 1 is 0.900 bits per heavy atom. The Balaban J connectivity index is 1.36. The van der Waals surface area contributed by atoms with E-state index in [0.29, 0.717) is 23.6 Å². The lowest BCUT2D eigenvalue weighted by atomic mass is 10.0. The highest BCUT2D eigenvalue weighted by Gasteiger charge is 2.40. The zero-order valence-corrected chi connectivity index (χ0v) is 22.2. The molecule has 0 spiro atoms. The quantitative estimate of drug-likeness (QED) is 0.258. The maximum absolute atomic E-state index is 14.1. The predicted molar refractivity (Wildman–Crippen MR) is 145 cm³/mol. The highest BCUT2D eigenvalue weighted by molar-refractivity contribution is 6.21. The Hall–Kier alpha value is -4.24. The topological polar surface area (TPSA) is 67.2 Å². The summed E-state index contributed by atoms with van der Waals surface area (Å²) in [4.78, 5) is 31.5. The monoisotopic (exact) mass is 546 g/mol. The first kappa shape index (κ1) is 27.3. The molecule has 2 heterocycles. The third kappa shape index (κ3) is 5.42. The molecule has 0 unspecified atom stereocenters. The number of halogens is 3. The lowest BCUT2D eigenvalue weighted by molar-refractivity contribution is 0.0548. The minimum Gasteiger partial charge on any atom is -0.328 e. The van der Waals surface area contributed by atoms with Gasteiger partial charge in [0.05, 0.1) is 28.4 Å². The number of fused-ring (bicyclic) bond motifs is 1. The van der Waals surface area contributed by atoms with Crippen LogP contribution < -0.4 is 5.32 Å². The summed E-state index contributed by atoms with van der Waals surface area (Å²) in [5.74, 6) is -1.12. The summed E-state index contributed by atoms with van der Waals surface area (Å²) < 4.78 is 43.9. The van der Waals surface area contributed by atoms with Crippen molar-refractivity contribution >= 4 is 11.8 Å². The Bertz CT molecular complexity index is 1530. The third-order valence-electron chi connectivity index (χ3n) is 7.11. The largest absolute Gasteiger partial charge is 0.328 e. The summed E-state index contributed by atoms with van der Waals surface area (Å²) >= 11 is 0. The van der Waals surface area contributed by atoms with Gasteiger partial charge in [0.15, 0.2) is 0 Å². The van der Waals surface area contributed by atoms with Crippen molar-refractivity contribution in [3.05, 3.63) is 113 Å². The molecule has 1 aliphatic rings. The van der Waals surface area contributed by atoms with Crippen LogP contribution in [0.2, 0.25) is 0 Å². The number of carbonyl (C=O) groups excluding carboxylic acids is 2. The molecule has 40 heavy (non-hydrogen) atoms. The number of nitrogens with one attached hydrogen (secondary N) is 1. The van der Waals surface area contributed by atoms with E-state index >= 15 is 0 Å². The number of aromatic nitrogens is 2. The molecule has 2 amide bonds. The predicted octanol–water partition coefficient (Wildman–Crippen LogP) is 5.73. The van der Waals surface area contributed by atoms with Gasteiger partial charge in [-0.15, -0.1) is 0 Å². The van der Waals surface area contributed by atoms with E-state index in [1.165, 1.54) is 24.3 Å². The lowest BCUT2D eigenvalue weighted by Gasteiger charge is -2.29. The van der Waals surface area contributed by atoms with Gasteiger partial charge in [0.2, 0.25) is 0 Å². The van der Waals surface area contributed by atoms with Crippen LogP contribution in [0.15, 0.2) is 79.0 Å². The number of amides is 2.